The van der Waals surface area contributed by atoms with Gasteiger partial charge < -0.3 is 10.1 Å². The molecule has 0 spiro atoms. The van der Waals surface area contributed by atoms with Gasteiger partial charge in [0.05, 0.1) is 6.61 Å². The predicted octanol–water partition coefficient (Wildman–Crippen LogP) is 2.52. The molecule has 0 rings (SSSR count). The zero-order chi connectivity index (χ0) is 9.94. The SMILES string of the molecule is [CH2]CCCCCCCOC(=O)NC. The van der Waals surface area contributed by atoms with E-state index in [2.05, 4.69) is 12.2 Å². The van der Waals surface area contributed by atoms with Crippen LogP contribution in [0.4, 0.5) is 4.79 Å². The van der Waals surface area contributed by atoms with Crippen molar-refractivity contribution in [1.29, 1.82) is 0 Å². The molecule has 0 aromatic carbocycles. The molecular formula is C10H20NO2. The minimum Gasteiger partial charge on any atom is -0.450 e. The van der Waals surface area contributed by atoms with Gasteiger partial charge in [-0.1, -0.05) is 39.0 Å². The number of carbonyl (C=O) groups excluding carboxylic acids is 1. The van der Waals surface area contributed by atoms with Crippen LogP contribution in [0.1, 0.15) is 38.5 Å². The van der Waals surface area contributed by atoms with Gasteiger partial charge in [0.2, 0.25) is 0 Å². The van der Waals surface area contributed by atoms with Crippen molar-refractivity contribution in [2.75, 3.05) is 13.7 Å². The Hall–Kier alpha value is -0.730. The van der Waals surface area contributed by atoms with Crippen LogP contribution >= 0.6 is 0 Å². The molecule has 1 N–H and O–H groups in total. The first-order valence-electron chi connectivity index (χ1n) is 4.95. The predicted molar refractivity (Wildman–Crippen MR) is 53.5 cm³/mol. The van der Waals surface area contributed by atoms with E-state index in [1.165, 1.54) is 19.3 Å². The molecule has 0 aromatic heterocycles. The molecule has 0 aliphatic heterocycles. The molecular weight excluding hydrogens is 166 g/mol. The smallest absolute Gasteiger partial charge is 0.406 e. The van der Waals surface area contributed by atoms with Crippen LogP contribution in [0.5, 0.6) is 0 Å². The lowest BCUT2D eigenvalue weighted by Gasteiger charge is -2.03. The van der Waals surface area contributed by atoms with Gasteiger partial charge in [0, 0.05) is 7.05 Å². The first-order chi connectivity index (χ1) is 6.31. The molecule has 1 radical (unpaired) electrons. The molecule has 0 heterocycles. The second-order valence-corrected chi connectivity index (χ2v) is 3.01. The zero-order valence-electron chi connectivity index (χ0n) is 8.47. The number of carbonyl (C=O) groups is 1. The van der Waals surface area contributed by atoms with Crippen molar-refractivity contribution in [3.05, 3.63) is 6.92 Å². The molecule has 0 aliphatic carbocycles. The Morgan fingerprint density at radius 2 is 1.85 bits per heavy atom. The summed E-state index contributed by atoms with van der Waals surface area (Å²) in [5.74, 6) is 0. The molecule has 3 heteroatoms. The maximum absolute atomic E-state index is 10.6. The molecule has 0 aliphatic rings. The summed E-state index contributed by atoms with van der Waals surface area (Å²) < 4.78 is 4.84. The number of hydrogen-bond acceptors (Lipinski definition) is 2. The van der Waals surface area contributed by atoms with Gasteiger partial charge in [0.15, 0.2) is 0 Å². The summed E-state index contributed by atoms with van der Waals surface area (Å²) >= 11 is 0. The Labute approximate surface area is 80.8 Å². The normalized spacial score (nSPS) is 9.69. The van der Waals surface area contributed by atoms with E-state index in [4.69, 9.17) is 4.74 Å². The van der Waals surface area contributed by atoms with E-state index < -0.39 is 0 Å². The van der Waals surface area contributed by atoms with Crippen LogP contribution in [0.2, 0.25) is 0 Å². The van der Waals surface area contributed by atoms with Crippen LogP contribution in [0.3, 0.4) is 0 Å². The van der Waals surface area contributed by atoms with Gasteiger partial charge in [-0.3, -0.25) is 0 Å². The summed E-state index contributed by atoms with van der Waals surface area (Å²) in [5.41, 5.74) is 0. The monoisotopic (exact) mass is 186 g/mol. The lowest BCUT2D eigenvalue weighted by atomic mass is 10.1. The van der Waals surface area contributed by atoms with Gasteiger partial charge in [-0.05, 0) is 6.42 Å². The van der Waals surface area contributed by atoms with Crippen LogP contribution in [-0.2, 0) is 4.74 Å². The molecule has 0 aromatic rings. The highest BCUT2D eigenvalue weighted by Gasteiger charge is 1.96. The Bertz CT molecular complexity index is 126. The van der Waals surface area contributed by atoms with Gasteiger partial charge in [0.25, 0.3) is 0 Å². The van der Waals surface area contributed by atoms with Crippen molar-refractivity contribution in [1.82, 2.24) is 5.32 Å². The van der Waals surface area contributed by atoms with E-state index in [0.717, 1.165) is 19.3 Å². The van der Waals surface area contributed by atoms with E-state index in [1.807, 2.05) is 0 Å². The maximum atomic E-state index is 10.6. The molecule has 0 fully saturated rings. The average Bonchev–Trinajstić information content (AvgIpc) is 2.16. The second-order valence-electron chi connectivity index (χ2n) is 3.01. The van der Waals surface area contributed by atoms with Gasteiger partial charge in [-0.2, -0.15) is 0 Å². The molecule has 0 saturated heterocycles. The molecule has 0 saturated carbocycles. The lowest BCUT2D eigenvalue weighted by Crippen LogP contribution is -2.19. The average molecular weight is 186 g/mol. The van der Waals surface area contributed by atoms with Crippen LogP contribution < -0.4 is 5.32 Å². The van der Waals surface area contributed by atoms with E-state index in [9.17, 15) is 4.79 Å². The fraction of sp³-hybridized carbons (Fsp3) is 0.800. The van der Waals surface area contributed by atoms with Crippen LogP contribution in [-0.4, -0.2) is 19.7 Å². The minimum absolute atomic E-state index is 0.335. The third-order valence-corrected chi connectivity index (χ3v) is 1.83. The second kappa shape index (κ2) is 9.36. The Balaban J connectivity index is 2.95. The van der Waals surface area contributed by atoms with E-state index >= 15 is 0 Å². The Morgan fingerprint density at radius 1 is 1.23 bits per heavy atom. The lowest BCUT2D eigenvalue weighted by molar-refractivity contribution is 0.146. The van der Waals surface area contributed by atoms with Gasteiger partial charge >= 0.3 is 6.09 Å². The Kier molecular flexibility index (Phi) is 8.83. The number of nitrogens with one attached hydrogen (secondary N) is 1. The summed E-state index contributed by atoms with van der Waals surface area (Å²) in [6.07, 6.45) is 6.45. The topological polar surface area (TPSA) is 38.3 Å². The molecule has 0 atom stereocenters. The molecule has 13 heavy (non-hydrogen) atoms. The van der Waals surface area contributed by atoms with Gasteiger partial charge in [-0.25, -0.2) is 4.79 Å². The number of hydrogen-bond donors (Lipinski definition) is 1. The summed E-state index contributed by atoms with van der Waals surface area (Å²) in [7, 11) is 1.57. The third-order valence-electron chi connectivity index (χ3n) is 1.83. The van der Waals surface area contributed by atoms with E-state index in [-0.39, 0.29) is 6.09 Å². The van der Waals surface area contributed by atoms with E-state index in [1.54, 1.807) is 7.05 Å². The van der Waals surface area contributed by atoms with Crippen molar-refractivity contribution < 1.29 is 9.53 Å². The van der Waals surface area contributed by atoms with Crippen LogP contribution in [0.25, 0.3) is 0 Å². The number of alkyl carbamates (subject to hydrolysis) is 1. The number of ether oxygens (including phenoxy) is 1. The van der Waals surface area contributed by atoms with Crippen LogP contribution in [0, 0.1) is 6.92 Å². The third kappa shape index (κ3) is 9.18. The summed E-state index contributed by atoms with van der Waals surface area (Å²) in [6.45, 7) is 4.31. The first kappa shape index (κ1) is 12.3. The van der Waals surface area contributed by atoms with Crippen molar-refractivity contribution >= 4 is 6.09 Å². The first-order valence-corrected chi connectivity index (χ1v) is 4.95. The van der Waals surface area contributed by atoms with E-state index in [0.29, 0.717) is 6.61 Å². The van der Waals surface area contributed by atoms with Crippen LogP contribution in [0.15, 0.2) is 0 Å². The van der Waals surface area contributed by atoms with Crippen molar-refractivity contribution in [3.63, 3.8) is 0 Å². The van der Waals surface area contributed by atoms with Gasteiger partial charge in [0.1, 0.15) is 0 Å². The van der Waals surface area contributed by atoms with Crippen molar-refractivity contribution in [2.24, 2.45) is 0 Å². The minimum atomic E-state index is -0.335. The number of rotatable bonds is 7. The highest BCUT2D eigenvalue weighted by molar-refractivity contribution is 5.66. The molecule has 3 nitrogen and oxygen atoms in total. The summed E-state index contributed by atoms with van der Waals surface area (Å²) in [4.78, 5) is 10.6. The molecule has 0 unspecified atom stereocenters. The molecule has 1 amide bonds. The van der Waals surface area contributed by atoms with Gasteiger partial charge in [-0.15, -0.1) is 0 Å². The van der Waals surface area contributed by atoms with Crippen molar-refractivity contribution in [2.45, 2.75) is 38.5 Å². The summed E-state index contributed by atoms with van der Waals surface area (Å²) in [5, 5.41) is 2.41. The molecule has 77 valence electrons. The quantitative estimate of drug-likeness (QED) is 0.620. The standard InChI is InChI=1S/C10H20NO2/c1-3-4-5-6-7-8-9-13-10(12)11-2/h1,3-9H2,2H3,(H,11,12). The zero-order valence-corrected chi connectivity index (χ0v) is 8.47. The largest absolute Gasteiger partial charge is 0.450 e. The highest BCUT2D eigenvalue weighted by atomic mass is 16.5. The molecule has 0 bridgehead atoms. The number of unbranched alkanes of at least 4 members (excludes halogenated alkanes) is 5. The fourth-order valence-corrected chi connectivity index (χ4v) is 1.05. The van der Waals surface area contributed by atoms with Crippen molar-refractivity contribution in [3.8, 4) is 0 Å². The highest BCUT2D eigenvalue weighted by Crippen LogP contribution is 2.04. The maximum Gasteiger partial charge on any atom is 0.406 e. The number of amides is 1. The summed E-state index contributed by atoms with van der Waals surface area (Å²) in [6, 6.07) is 0. The fourth-order valence-electron chi connectivity index (χ4n) is 1.05. The Morgan fingerprint density at radius 3 is 2.46 bits per heavy atom.